The predicted molar refractivity (Wildman–Crippen MR) is 85.9 cm³/mol. The van der Waals surface area contributed by atoms with Crippen molar-refractivity contribution in [2.45, 2.75) is 26.0 Å². The molecule has 2 aromatic rings. The maximum Gasteiger partial charge on any atom is 0.261 e. The lowest BCUT2D eigenvalue weighted by Crippen LogP contribution is -2.37. The average Bonchev–Trinajstić information content (AvgIpc) is 2.59. The number of carbonyl (C=O) groups is 1. The number of ether oxygens (including phenoxy) is 2. The van der Waals surface area contributed by atoms with Gasteiger partial charge in [0, 0.05) is 12.1 Å². The Hall–Kier alpha value is -2.56. The normalized spacial score (nSPS) is 11.6. The van der Waals surface area contributed by atoms with Crippen molar-refractivity contribution in [3.63, 3.8) is 0 Å². The van der Waals surface area contributed by atoms with E-state index >= 15 is 0 Å². The molecule has 4 nitrogen and oxygen atoms in total. The van der Waals surface area contributed by atoms with Gasteiger partial charge in [0.05, 0.1) is 7.11 Å². The third kappa shape index (κ3) is 4.71. The van der Waals surface area contributed by atoms with Crippen molar-refractivity contribution in [3.8, 4) is 11.5 Å². The molecule has 0 aromatic heterocycles. The smallest absolute Gasteiger partial charge is 0.261 e. The van der Waals surface area contributed by atoms with E-state index in [-0.39, 0.29) is 11.7 Å². The van der Waals surface area contributed by atoms with E-state index in [0.717, 1.165) is 11.3 Å². The standard InChI is InChI=1S/C18H20FNO3/c1-3-16(23-15-10-8-14(19)9-11-15)18(21)20-12-13-6-4-5-7-17(13)22-2/h4-11,16H,3,12H2,1-2H3,(H,20,21)/t16-/m1/s1. The van der Waals surface area contributed by atoms with E-state index in [0.29, 0.717) is 18.7 Å². The molecular formula is C18H20FNO3. The quantitative estimate of drug-likeness (QED) is 0.852. The van der Waals surface area contributed by atoms with Gasteiger partial charge in [0.25, 0.3) is 5.91 Å². The number of para-hydroxylation sites is 1. The maximum absolute atomic E-state index is 12.9. The van der Waals surface area contributed by atoms with Gasteiger partial charge in [0.2, 0.25) is 0 Å². The molecule has 1 N–H and O–H groups in total. The second-order valence-corrected chi connectivity index (χ2v) is 5.00. The number of nitrogens with one attached hydrogen (secondary N) is 1. The van der Waals surface area contributed by atoms with E-state index in [4.69, 9.17) is 9.47 Å². The molecule has 0 saturated heterocycles. The van der Waals surface area contributed by atoms with Crippen molar-refractivity contribution >= 4 is 5.91 Å². The molecule has 0 fully saturated rings. The number of hydrogen-bond acceptors (Lipinski definition) is 3. The summed E-state index contributed by atoms with van der Waals surface area (Å²) in [7, 11) is 1.59. The van der Waals surface area contributed by atoms with Crippen LogP contribution in [-0.4, -0.2) is 19.1 Å². The van der Waals surface area contributed by atoms with Gasteiger partial charge in [-0.3, -0.25) is 4.79 Å². The van der Waals surface area contributed by atoms with E-state index in [1.807, 2.05) is 31.2 Å². The van der Waals surface area contributed by atoms with Crippen molar-refractivity contribution < 1.29 is 18.7 Å². The van der Waals surface area contributed by atoms with Crippen LogP contribution in [0.1, 0.15) is 18.9 Å². The monoisotopic (exact) mass is 317 g/mol. The first kappa shape index (κ1) is 16.8. The molecule has 2 aromatic carbocycles. The zero-order valence-corrected chi connectivity index (χ0v) is 13.2. The molecule has 23 heavy (non-hydrogen) atoms. The van der Waals surface area contributed by atoms with Crippen LogP contribution in [-0.2, 0) is 11.3 Å². The molecule has 0 aliphatic heterocycles. The summed E-state index contributed by atoms with van der Waals surface area (Å²) < 4.78 is 23.8. The maximum atomic E-state index is 12.9. The summed E-state index contributed by atoms with van der Waals surface area (Å²) in [5.74, 6) is 0.625. The Labute approximate surface area is 135 Å². The summed E-state index contributed by atoms with van der Waals surface area (Å²) in [6.45, 7) is 2.21. The minimum atomic E-state index is -0.629. The minimum Gasteiger partial charge on any atom is -0.496 e. The van der Waals surface area contributed by atoms with Crippen molar-refractivity contribution in [3.05, 3.63) is 59.9 Å². The highest BCUT2D eigenvalue weighted by molar-refractivity contribution is 5.81. The largest absolute Gasteiger partial charge is 0.496 e. The number of amides is 1. The zero-order valence-electron chi connectivity index (χ0n) is 13.2. The van der Waals surface area contributed by atoms with Gasteiger partial charge in [-0.05, 0) is 36.8 Å². The number of carbonyl (C=O) groups excluding carboxylic acids is 1. The second-order valence-electron chi connectivity index (χ2n) is 5.00. The predicted octanol–water partition coefficient (Wildman–Crippen LogP) is 3.31. The van der Waals surface area contributed by atoms with Gasteiger partial charge in [-0.25, -0.2) is 4.39 Å². The second kappa shape index (κ2) is 8.17. The minimum absolute atomic E-state index is 0.220. The van der Waals surface area contributed by atoms with Gasteiger partial charge < -0.3 is 14.8 Å². The number of halogens is 1. The summed E-state index contributed by atoms with van der Waals surface area (Å²) in [5.41, 5.74) is 0.889. The van der Waals surface area contributed by atoms with Crippen LogP contribution in [0.15, 0.2) is 48.5 Å². The molecule has 5 heteroatoms. The lowest BCUT2D eigenvalue weighted by molar-refractivity contribution is -0.128. The molecule has 2 rings (SSSR count). The Morgan fingerprint density at radius 3 is 2.52 bits per heavy atom. The van der Waals surface area contributed by atoms with Crippen LogP contribution in [0.2, 0.25) is 0 Å². The van der Waals surface area contributed by atoms with Crippen LogP contribution in [0.3, 0.4) is 0 Å². The van der Waals surface area contributed by atoms with E-state index < -0.39 is 6.10 Å². The van der Waals surface area contributed by atoms with E-state index in [2.05, 4.69) is 5.32 Å². The number of benzene rings is 2. The molecule has 0 aliphatic carbocycles. The van der Waals surface area contributed by atoms with Crippen LogP contribution >= 0.6 is 0 Å². The van der Waals surface area contributed by atoms with Crippen molar-refractivity contribution in [2.75, 3.05) is 7.11 Å². The highest BCUT2D eigenvalue weighted by Gasteiger charge is 2.18. The van der Waals surface area contributed by atoms with Crippen molar-refractivity contribution in [1.29, 1.82) is 0 Å². The summed E-state index contributed by atoms with van der Waals surface area (Å²) in [6.07, 6.45) is -0.120. The molecular weight excluding hydrogens is 297 g/mol. The molecule has 122 valence electrons. The van der Waals surface area contributed by atoms with Gasteiger partial charge in [0.1, 0.15) is 17.3 Å². The number of rotatable bonds is 7. The van der Waals surface area contributed by atoms with Crippen LogP contribution in [0.5, 0.6) is 11.5 Å². The average molecular weight is 317 g/mol. The molecule has 0 saturated carbocycles. The highest BCUT2D eigenvalue weighted by atomic mass is 19.1. The van der Waals surface area contributed by atoms with Gasteiger partial charge >= 0.3 is 0 Å². The SMILES string of the molecule is CC[C@@H](Oc1ccc(F)cc1)C(=O)NCc1ccccc1OC. The Morgan fingerprint density at radius 2 is 1.87 bits per heavy atom. The molecule has 0 unspecified atom stereocenters. The molecule has 0 radical (unpaired) electrons. The van der Waals surface area contributed by atoms with Crippen LogP contribution in [0.4, 0.5) is 4.39 Å². The van der Waals surface area contributed by atoms with Crippen LogP contribution < -0.4 is 14.8 Å². The van der Waals surface area contributed by atoms with E-state index in [1.165, 1.54) is 24.3 Å². The van der Waals surface area contributed by atoms with E-state index in [1.54, 1.807) is 7.11 Å². The molecule has 0 aliphatic rings. The lowest BCUT2D eigenvalue weighted by atomic mass is 10.2. The third-order valence-corrected chi connectivity index (χ3v) is 3.40. The Balaban J connectivity index is 1.96. The van der Waals surface area contributed by atoms with Gasteiger partial charge in [-0.1, -0.05) is 25.1 Å². The van der Waals surface area contributed by atoms with E-state index in [9.17, 15) is 9.18 Å². The summed E-state index contributed by atoms with van der Waals surface area (Å²) in [4.78, 5) is 12.3. The first-order chi connectivity index (χ1) is 11.1. The topological polar surface area (TPSA) is 47.6 Å². The van der Waals surface area contributed by atoms with Crippen LogP contribution in [0.25, 0.3) is 0 Å². The fraction of sp³-hybridized carbons (Fsp3) is 0.278. The summed E-state index contributed by atoms with van der Waals surface area (Å²) in [5, 5.41) is 2.84. The third-order valence-electron chi connectivity index (χ3n) is 3.40. The van der Waals surface area contributed by atoms with Crippen molar-refractivity contribution in [1.82, 2.24) is 5.32 Å². The molecule has 1 amide bonds. The Bertz CT molecular complexity index is 643. The van der Waals surface area contributed by atoms with Crippen LogP contribution in [0, 0.1) is 5.82 Å². The van der Waals surface area contributed by atoms with Gasteiger partial charge in [0.15, 0.2) is 6.10 Å². The summed E-state index contributed by atoms with van der Waals surface area (Å²) >= 11 is 0. The first-order valence-corrected chi connectivity index (χ1v) is 7.46. The fourth-order valence-electron chi connectivity index (χ4n) is 2.14. The highest BCUT2D eigenvalue weighted by Crippen LogP contribution is 2.17. The Morgan fingerprint density at radius 1 is 1.17 bits per heavy atom. The fourth-order valence-corrected chi connectivity index (χ4v) is 2.14. The summed E-state index contributed by atoms with van der Waals surface area (Å²) in [6, 6.07) is 13.1. The van der Waals surface area contributed by atoms with Gasteiger partial charge in [-0.2, -0.15) is 0 Å². The van der Waals surface area contributed by atoms with Crippen molar-refractivity contribution in [2.24, 2.45) is 0 Å². The molecule has 0 heterocycles. The Kier molecular flexibility index (Phi) is 5.97. The lowest BCUT2D eigenvalue weighted by Gasteiger charge is -2.18. The van der Waals surface area contributed by atoms with Gasteiger partial charge in [-0.15, -0.1) is 0 Å². The first-order valence-electron chi connectivity index (χ1n) is 7.46. The number of hydrogen-bond donors (Lipinski definition) is 1. The molecule has 1 atom stereocenters. The molecule has 0 spiro atoms. The zero-order chi connectivity index (χ0) is 16.7. The molecule has 0 bridgehead atoms. The number of methoxy groups -OCH3 is 1.